The van der Waals surface area contributed by atoms with Crippen LogP contribution in [0.25, 0.3) is 0 Å². The summed E-state index contributed by atoms with van der Waals surface area (Å²) in [6, 6.07) is 0.549. The molecule has 4 nitrogen and oxygen atoms in total. The Kier molecular flexibility index (Phi) is 2.50. The smallest absolute Gasteiger partial charge is 0.137 e. The van der Waals surface area contributed by atoms with Crippen molar-refractivity contribution in [2.24, 2.45) is 5.92 Å². The summed E-state index contributed by atoms with van der Waals surface area (Å²) in [5.74, 6) is 2.32. The van der Waals surface area contributed by atoms with Gasteiger partial charge in [-0.25, -0.2) is 9.97 Å². The van der Waals surface area contributed by atoms with Crippen molar-refractivity contribution in [2.75, 3.05) is 17.2 Å². The number of nitrogens with two attached hydrogens (primary N) is 1. The molecule has 1 aliphatic rings. The van der Waals surface area contributed by atoms with Gasteiger partial charge in [0.05, 0.1) is 0 Å². The van der Waals surface area contributed by atoms with Gasteiger partial charge in [-0.2, -0.15) is 0 Å². The van der Waals surface area contributed by atoms with E-state index in [2.05, 4.69) is 28.7 Å². The number of anilines is 2. The molecule has 2 heterocycles. The van der Waals surface area contributed by atoms with E-state index in [1.54, 1.807) is 6.33 Å². The number of hydrogen-bond acceptors (Lipinski definition) is 4. The molecule has 4 heteroatoms. The van der Waals surface area contributed by atoms with Crippen molar-refractivity contribution in [2.45, 2.75) is 33.2 Å². The Hall–Kier alpha value is -1.32. The lowest BCUT2D eigenvalue weighted by molar-refractivity contribution is 0.625. The van der Waals surface area contributed by atoms with Crippen LogP contribution in [0.3, 0.4) is 0 Å². The second-order valence-corrected chi connectivity index (χ2v) is 4.55. The first-order valence-corrected chi connectivity index (χ1v) is 5.43. The van der Waals surface area contributed by atoms with Gasteiger partial charge in [-0.15, -0.1) is 0 Å². The van der Waals surface area contributed by atoms with Crippen LogP contribution in [0.2, 0.25) is 0 Å². The van der Waals surface area contributed by atoms with Crippen LogP contribution in [0.1, 0.15) is 25.8 Å². The average Bonchev–Trinajstić information content (AvgIpc) is 2.50. The minimum absolute atomic E-state index is 0.549. The molecule has 2 unspecified atom stereocenters. The Morgan fingerprint density at radius 2 is 2.13 bits per heavy atom. The average molecular weight is 206 g/mol. The molecule has 1 aromatic heterocycles. The number of hydrogen-bond donors (Lipinski definition) is 1. The summed E-state index contributed by atoms with van der Waals surface area (Å²) in [6.07, 6.45) is 2.77. The summed E-state index contributed by atoms with van der Waals surface area (Å²) >= 11 is 0. The molecule has 2 N–H and O–H groups in total. The van der Waals surface area contributed by atoms with Crippen molar-refractivity contribution in [3.05, 3.63) is 11.9 Å². The molecule has 0 aromatic carbocycles. The summed E-state index contributed by atoms with van der Waals surface area (Å²) in [7, 11) is 0. The first kappa shape index (κ1) is 10.2. The van der Waals surface area contributed by atoms with Crippen molar-refractivity contribution in [1.82, 2.24) is 9.97 Å². The fourth-order valence-corrected chi connectivity index (χ4v) is 2.34. The Morgan fingerprint density at radius 3 is 2.73 bits per heavy atom. The van der Waals surface area contributed by atoms with Crippen molar-refractivity contribution >= 4 is 11.6 Å². The molecule has 0 aliphatic carbocycles. The van der Waals surface area contributed by atoms with E-state index in [4.69, 9.17) is 5.73 Å². The fraction of sp³-hybridized carbons (Fsp3) is 0.636. The summed E-state index contributed by atoms with van der Waals surface area (Å²) in [6.45, 7) is 7.57. The SMILES string of the molecule is Cc1c(N)ncnc1N1CC(C)CC1C. The molecule has 15 heavy (non-hydrogen) atoms. The maximum atomic E-state index is 5.79. The molecule has 0 spiro atoms. The number of aromatic nitrogens is 2. The molecule has 0 saturated carbocycles. The lowest BCUT2D eigenvalue weighted by Gasteiger charge is -2.24. The molecule has 1 saturated heterocycles. The summed E-state index contributed by atoms with van der Waals surface area (Å²) in [4.78, 5) is 10.7. The topological polar surface area (TPSA) is 55.0 Å². The number of nitrogen functional groups attached to an aromatic ring is 1. The van der Waals surface area contributed by atoms with Gasteiger partial charge in [0.2, 0.25) is 0 Å². The molecule has 1 fully saturated rings. The zero-order chi connectivity index (χ0) is 11.0. The van der Waals surface area contributed by atoms with Gasteiger partial charge in [0.25, 0.3) is 0 Å². The Bertz CT molecular complexity index is 364. The second kappa shape index (κ2) is 3.68. The van der Waals surface area contributed by atoms with Gasteiger partial charge >= 0.3 is 0 Å². The van der Waals surface area contributed by atoms with Crippen molar-refractivity contribution < 1.29 is 0 Å². The monoisotopic (exact) mass is 206 g/mol. The van der Waals surface area contributed by atoms with E-state index in [1.165, 1.54) is 6.42 Å². The van der Waals surface area contributed by atoms with Crippen molar-refractivity contribution in [1.29, 1.82) is 0 Å². The van der Waals surface area contributed by atoms with Crippen LogP contribution in [0.15, 0.2) is 6.33 Å². The standard InChI is InChI=1S/C11H18N4/c1-7-4-8(2)15(5-7)11-9(3)10(12)13-6-14-11/h6-8H,4-5H2,1-3H3,(H2,12,13,14). The third-order valence-corrected chi connectivity index (χ3v) is 3.15. The zero-order valence-electron chi connectivity index (χ0n) is 9.57. The van der Waals surface area contributed by atoms with E-state index in [9.17, 15) is 0 Å². The molecule has 1 aliphatic heterocycles. The van der Waals surface area contributed by atoms with E-state index >= 15 is 0 Å². The van der Waals surface area contributed by atoms with Crippen LogP contribution >= 0.6 is 0 Å². The fourth-order valence-electron chi connectivity index (χ4n) is 2.34. The highest BCUT2D eigenvalue weighted by Crippen LogP contribution is 2.30. The quantitative estimate of drug-likeness (QED) is 0.758. The first-order valence-electron chi connectivity index (χ1n) is 5.43. The minimum Gasteiger partial charge on any atom is -0.383 e. The third kappa shape index (κ3) is 1.76. The van der Waals surface area contributed by atoms with Gasteiger partial charge in [0, 0.05) is 18.2 Å². The maximum absolute atomic E-state index is 5.79. The van der Waals surface area contributed by atoms with Crippen LogP contribution in [0, 0.1) is 12.8 Å². The predicted molar refractivity (Wildman–Crippen MR) is 61.8 cm³/mol. The predicted octanol–water partition coefficient (Wildman–Crippen LogP) is 1.60. The third-order valence-electron chi connectivity index (χ3n) is 3.15. The highest BCUT2D eigenvalue weighted by Gasteiger charge is 2.28. The van der Waals surface area contributed by atoms with E-state index in [-0.39, 0.29) is 0 Å². The van der Waals surface area contributed by atoms with Gasteiger partial charge in [-0.3, -0.25) is 0 Å². The van der Waals surface area contributed by atoms with Gasteiger partial charge in [-0.05, 0) is 26.2 Å². The largest absolute Gasteiger partial charge is 0.383 e. The molecule has 0 amide bonds. The Balaban J connectivity index is 2.33. The van der Waals surface area contributed by atoms with Crippen LogP contribution in [0.5, 0.6) is 0 Å². The zero-order valence-corrected chi connectivity index (χ0v) is 9.57. The van der Waals surface area contributed by atoms with E-state index in [1.807, 2.05) is 6.92 Å². The molecule has 2 rings (SSSR count). The van der Waals surface area contributed by atoms with Crippen molar-refractivity contribution in [3.63, 3.8) is 0 Å². The maximum Gasteiger partial charge on any atom is 0.137 e. The van der Waals surface area contributed by atoms with Gasteiger partial charge in [-0.1, -0.05) is 6.92 Å². The van der Waals surface area contributed by atoms with Crippen LogP contribution < -0.4 is 10.6 Å². The van der Waals surface area contributed by atoms with E-state index < -0.39 is 0 Å². The summed E-state index contributed by atoms with van der Waals surface area (Å²) in [5.41, 5.74) is 6.79. The van der Waals surface area contributed by atoms with Crippen LogP contribution in [-0.4, -0.2) is 22.6 Å². The number of rotatable bonds is 1. The highest BCUT2D eigenvalue weighted by atomic mass is 15.2. The molecule has 0 radical (unpaired) electrons. The van der Waals surface area contributed by atoms with Gasteiger partial charge in [0.1, 0.15) is 18.0 Å². The second-order valence-electron chi connectivity index (χ2n) is 4.55. The number of nitrogens with zero attached hydrogens (tertiary/aromatic N) is 3. The summed E-state index contributed by atoms with van der Waals surface area (Å²) in [5, 5.41) is 0. The van der Waals surface area contributed by atoms with E-state index in [0.717, 1.165) is 23.8 Å². The minimum atomic E-state index is 0.549. The van der Waals surface area contributed by atoms with Crippen LogP contribution in [-0.2, 0) is 0 Å². The molecular formula is C11H18N4. The van der Waals surface area contributed by atoms with Crippen molar-refractivity contribution in [3.8, 4) is 0 Å². The van der Waals surface area contributed by atoms with Gasteiger partial charge < -0.3 is 10.6 Å². The van der Waals surface area contributed by atoms with E-state index in [0.29, 0.717) is 11.9 Å². The molecular weight excluding hydrogens is 188 g/mol. The Morgan fingerprint density at radius 1 is 1.40 bits per heavy atom. The highest BCUT2D eigenvalue weighted by molar-refractivity contribution is 5.56. The molecule has 2 atom stereocenters. The molecule has 0 bridgehead atoms. The van der Waals surface area contributed by atoms with Crippen LogP contribution in [0.4, 0.5) is 11.6 Å². The van der Waals surface area contributed by atoms with Gasteiger partial charge in [0.15, 0.2) is 0 Å². The first-order chi connectivity index (χ1) is 7.09. The lowest BCUT2D eigenvalue weighted by atomic mass is 10.1. The molecule has 1 aromatic rings. The Labute approximate surface area is 90.5 Å². The molecule has 82 valence electrons. The lowest BCUT2D eigenvalue weighted by Crippen LogP contribution is -2.28. The summed E-state index contributed by atoms with van der Waals surface area (Å²) < 4.78 is 0. The normalized spacial score (nSPS) is 25.9.